The summed E-state index contributed by atoms with van der Waals surface area (Å²) in [4.78, 5) is 14.8. The Labute approximate surface area is 158 Å². The third-order valence-corrected chi connectivity index (χ3v) is 5.94. The zero-order valence-electron chi connectivity index (χ0n) is 13.2. The van der Waals surface area contributed by atoms with Gasteiger partial charge in [-0.05, 0) is 36.1 Å². The van der Waals surface area contributed by atoms with Crippen LogP contribution in [0.25, 0.3) is 10.4 Å². The first-order valence-electron chi connectivity index (χ1n) is 7.17. The van der Waals surface area contributed by atoms with E-state index < -0.39 is 15.0 Å². The predicted octanol–water partition coefficient (Wildman–Crippen LogP) is 4.45. The van der Waals surface area contributed by atoms with Gasteiger partial charge in [-0.2, -0.15) is 8.42 Å². The van der Waals surface area contributed by atoms with Gasteiger partial charge in [-0.15, -0.1) is 11.3 Å². The molecule has 0 amide bonds. The van der Waals surface area contributed by atoms with Crippen molar-refractivity contribution in [2.24, 2.45) is 0 Å². The molecule has 0 radical (unpaired) electrons. The molecule has 0 aliphatic heterocycles. The van der Waals surface area contributed by atoms with Gasteiger partial charge < -0.3 is 4.18 Å². The van der Waals surface area contributed by atoms with Gasteiger partial charge in [0, 0.05) is 22.6 Å². The van der Waals surface area contributed by atoms with Crippen LogP contribution >= 0.6 is 22.9 Å². The third-order valence-electron chi connectivity index (χ3n) is 3.44. The quantitative estimate of drug-likeness (QED) is 0.266. The maximum atomic E-state index is 12.6. The van der Waals surface area contributed by atoms with Crippen molar-refractivity contribution in [3.63, 3.8) is 0 Å². The Hall–Kier alpha value is -2.49. The molecular formula is C16H11ClN2O5S2. The fourth-order valence-corrected chi connectivity index (χ4v) is 4.00. The molecule has 1 aromatic carbocycles. The number of nitro benzene ring substituents is 1. The summed E-state index contributed by atoms with van der Waals surface area (Å²) in [5.74, 6) is -0.00865. The van der Waals surface area contributed by atoms with E-state index in [2.05, 4.69) is 4.98 Å². The SMILES string of the molecule is Cc1cc(S(=O)(=O)Oc2ccc([N+](=O)[O-])cc2-c2cccs2)cnc1Cl. The van der Waals surface area contributed by atoms with Gasteiger partial charge in [-0.1, -0.05) is 17.7 Å². The minimum atomic E-state index is -4.19. The summed E-state index contributed by atoms with van der Waals surface area (Å²) < 4.78 is 30.4. The number of nitro groups is 1. The van der Waals surface area contributed by atoms with Crippen molar-refractivity contribution in [2.75, 3.05) is 0 Å². The van der Waals surface area contributed by atoms with Crippen LogP contribution in [0.1, 0.15) is 5.56 Å². The maximum absolute atomic E-state index is 12.6. The van der Waals surface area contributed by atoms with Crippen LogP contribution in [0.15, 0.2) is 52.9 Å². The van der Waals surface area contributed by atoms with Crippen LogP contribution in [0.3, 0.4) is 0 Å². The molecule has 0 atom stereocenters. The van der Waals surface area contributed by atoms with Crippen LogP contribution in [0, 0.1) is 17.0 Å². The average Bonchev–Trinajstić information content (AvgIpc) is 3.11. The Bertz CT molecular complexity index is 1080. The third kappa shape index (κ3) is 3.69. The van der Waals surface area contributed by atoms with Gasteiger partial charge in [0.15, 0.2) is 5.75 Å². The highest BCUT2D eigenvalue weighted by molar-refractivity contribution is 7.87. The maximum Gasteiger partial charge on any atom is 0.340 e. The van der Waals surface area contributed by atoms with E-state index in [1.807, 2.05) is 0 Å². The van der Waals surface area contributed by atoms with Crippen molar-refractivity contribution in [2.45, 2.75) is 11.8 Å². The van der Waals surface area contributed by atoms with Crippen LogP contribution in [-0.4, -0.2) is 18.3 Å². The van der Waals surface area contributed by atoms with Crippen LogP contribution in [0.2, 0.25) is 5.15 Å². The summed E-state index contributed by atoms with van der Waals surface area (Å²) in [5.41, 5.74) is 0.636. The molecule has 2 heterocycles. The van der Waals surface area contributed by atoms with Gasteiger partial charge in [-0.3, -0.25) is 10.1 Å². The summed E-state index contributed by atoms with van der Waals surface area (Å²) in [6.07, 6.45) is 1.10. The predicted molar refractivity (Wildman–Crippen MR) is 98.2 cm³/mol. The van der Waals surface area contributed by atoms with Gasteiger partial charge in [0.2, 0.25) is 0 Å². The van der Waals surface area contributed by atoms with E-state index in [0.717, 1.165) is 6.20 Å². The lowest BCUT2D eigenvalue weighted by Crippen LogP contribution is -2.11. The molecule has 0 saturated heterocycles. The molecule has 3 aromatic rings. The molecule has 0 unspecified atom stereocenters. The number of thiophene rings is 1. The first-order chi connectivity index (χ1) is 12.3. The topological polar surface area (TPSA) is 99.4 Å². The average molecular weight is 411 g/mol. The van der Waals surface area contributed by atoms with Crippen LogP contribution < -0.4 is 4.18 Å². The molecule has 134 valence electrons. The molecule has 2 aromatic heterocycles. The summed E-state index contributed by atoms with van der Waals surface area (Å²) >= 11 is 7.13. The molecule has 0 N–H and O–H groups in total. The number of pyridine rings is 1. The Morgan fingerprint density at radius 1 is 1.27 bits per heavy atom. The van der Waals surface area contributed by atoms with E-state index in [0.29, 0.717) is 16.0 Å². The minimum Gasteiger partial charge on any atom is -0.378 e. The Morgan fingerprint density at radius 2 is 2.04 bits per heavy atom. The number of hydrogen-bond donors (Lipinski definition) is 0. The van der Waals surface area contributed by atoms with Crippen molar-refractivity contribution >= 4 is 38.7 Å². The van der Waals surface area contributed by atoms with E-state index in [-0.39, 0.29) is 21.5 Å². The second-order valence-electron chi connectivity index (χ2n) is 5.23. The van der Waals surface area contributed by atoms with Crippen molar-refractivity contribution in [3.8, 4) is 16.2 Å². The Balaban J connectivity index is 2.06. The highest BCUT2D eigenvalue weighted by Crippen LogP contribution is 2.37. The van der Waals surface area contributed by atoms with Gasteiger partial charge in [0.25, 0.3) is 5.69 Å². The van der Waals surface area contributed by atoms with Crippen molar-refractivity contribution in [1.29, 1.82) is 0 Å². The van der Waals surface area contributed by atoms with Crippen molar-refractivity contribution in [1.82, 2.24) is 4.98 Å². The lowest BCUT2D eigenvalue weighted by atomic mass is 10.1. The monoisotopic (exact) mass is 410 g/mol. The molecule has 0 saturated carbocycles. The minimum absolute atomic E-state index is 0.00865. The largest absolute Gasteiger partial charge is 0.378 e. The molecule has 0 aliphatic carbocycles. The number of nitrogens with zero attached hydrogens (tertiary/aromatic N) is 2. The fraction of sp³-hybridized carbons (Fsp3) is 0.0625. The first-order valence-corrected chi connectivity index (χ1v) is 9.83. The van der Waals surface area contributed by atoms with Gasteiger partial charge >= 0.3 is 10.1 Å². The summed E-state index contributed by atoms with van der Waals surface area (Å²) in [6.45, 7) is 1.62. The lowest BCUT2D eigenvalue weighted by molar-refractivity contribution is -0.384. The van der Waals surface area contributed by atoms with Crippen LogP contribution in [-0.2, 0) is 10.1 Å². The summed E-state index contributed by atoms with van der Waals surface area (Å²) in [6, 6.07) is 8.55. The van der Waals surface area contributed by atoms with Gasteiger partial charge in [0.05, 0.1) is 11.1 Å². The molecule has 7 nitrogen and oxygen atoms in total. The Kier molecular flexibility index (Phi) is 4.94. The first kappa shape index (κ1) is 18.3. The highest BCUT2D eigenvalue weighted by atomic mass is 35.5. The van der Waals surface area contributed by atoms with E-state index in [1.54, 1.807) is 24.4 Å². The second kappa shape index (κ2) is 7.02. The van der Waals surface area contributed by atoms with Gasteiger partial charge in [0.1, 0.15) is 10.0 Å². The standard InChI is InChI=1S/C16H11ClN2O5S2/c1-10-7-12(9-18-16(10)17)26(22,23)24-14-5-4-11(19(20)21)8-13(14)15-3-2-6-25-15/h2-9H,1H3. The molecule has 0 fully saturated rings. The number of non-ortho nitro benzene ring substituents is 1. The molecule has 3 rings (SSSR count). The second-order valence-corrected chi connectivity index (χ2v) is 8.08. The zero-order valence-corrected chi connectivity index (χ0v) is 15.6. The van der Waals surface area contributed by atoms with Crippen LogP contribution in [0.5, 0.6) is 5.75 Å². The molecule has 26 heavy (non-hydrogen) atoms. The molecule has 0 spiro atoms. The van der Waals surface area contributed by atoms with Crippen molar-refractivity contribution < 1.29 is 17.5 Å². The molecule has 0 bridgehead atoms. The molecular weight excluding hydrogens is 400 g/mol. The summed E-state index contributed by atoms with van der Waals surface area (Å²) in [7, 11) is -4.19. The van der Waals surface area contributed by atoms with E-state index in [1.165, 1.54) is 35.6 Å². The summed E-state index contributed by atoms with van der Waals surface area (Å²) in [5, 5.41) is 13.0. The van der Waals surface area contributed by atoms with E-state index in [9.17, 15) is 18.5 Å². The number of aryl methyl sites for hydroxylation is 1. The van der Waals surface area contributed by atoms with E-state index >= 15 is 0 Å². The zero-order chi connectivity index (χ0) is 18.9. The van der Waals surface area contributed by atoms with Crippen LogP contribution in [0.4, 0.5) is 5.69 Å². The molecule has 0 aliphatic rings. The number of benzene rings is 1. The van der Waals surface area contributed by atoms with Crippen molar-refractivity contribution in [3.05, 3.63) is 68.8 Å². The van der Waals surface area contributed by atoms with Gasteiger partial charge in [-0.25, -0.2) is 4.98 Å². The highest BCUT2D eigenvalue weighted by Gasteiger charge is 2.22. The Morgan fingerprint density at radius 3 is 2.65 bits per heavy atom. The molecule has 10 heteroatoms. The lowest BCUT2D eigenvalue weighted by Gasteiger charge is -2.11. The number of halogens is 1. The van der Waals surface area contributed by atoms with E-state index in [4.69, 9.17) is 15.8 Å². The number of aromatic nitrogens is 1. The number of rotatable bonds is 5. The smallest absolute Gasteiger partial charge is 0.340 e. The normalized spacial score (nSPS) is 11.3. The number of hydrogen-bond acceptors (Lipinski definition) is 7. The fourth-order valence-electron chi connectivity index (χ4n) is 2.16.